The predicted molar refractivity (Wildman–Crippen MR) is 82.3 cm³/mol. The van der Waals surface area contributed by atoms with Crippen molar-refractivity contribution in [3.05, 3.63) is 16.1 Å². The van der Waals surface area contributed by atoms with Crippen molar-refractivity contribution in [1.82, 2.24) is 9.88 Å². The molecule has 0 aromatic carbocycles. The number of rotatable bonds is 6. The third-order valence-electron chi connectivity index (χ3n) is 3.51. The molecule has 0 radical (unpaired) electrons. The third-order valence-corrected chi connectivity index (χ3v) is 4.34. The molecule has 1 aliphatic rings. The van der Waals surface area contributed by atoms with Gasteiger partial charge in [0.15, 0.2) is 0 Å². The van der Waals surface area contributed by atoms with Crippen molar-refractivity contribution < 1.29 is 5.21 Å². The smallest absolute Gasteiger partial charge is 0.140 e. The van der Waals surface area contributed by atoms with Crippen LogP contribution in [0.5, 0.6) is 0 Å². The summed E-state index contributed by atoms with van der Waals surface area (Å²) >= 11 is 1.73. The standard InChI is InChI=1S/C14H24N4OS/c1-14(2,3)11-9-20-13(16-11)8-18(10-4-5-10)7-6-12(15)17-19/h9-10,19H,4-8H2,1-3H3,(H2,15,17). The monoisotopic (exact) mass is 296 g/mol. The zero-order valence-electron chi connectivity index (χ0n) is 12.5. The van der Waals surface area contributed by atoms with Gasteiger partial charge in [-0.1, -0.05) is 25.9 Å². The first-order valence-corrected chi connectivity index (χ1v) is 7.93. The summed E-state index contributed by atoms with van der Waals surface area (Å²) in [6, 6.07) is 0.642. The molecule has 112 valence electrons. The maximum absolute atomic E-state index is 8.62. The van der Waals surface area contributed by atoms with Gasteiger partial charge in [-0.3, -0.25) is 4.90 Å². The fraction of sp³-hybridized carbons (Fsp3) is 0.714. The molecule has 1 heterocycles. The molecule has 6 heteroatoms. The molecule has 0 aliphatic heterocycles. The van der Waals surface area contributed by atoms with E-state index in [0.29, 0.717) is 18.3 Å². The minimum absolute atomic E-state index is 0.104. The fourth-order valence-electron chi connectivity index (χ4n) is 2.04. The molecule has 0 unspecified atom stereocenters. The van der Waals surface area contributed by atoms with E-state index in [-0.39, 0.29) is 5.41 Å². The SMILES string of the molecule is CC(C)(C)c1csc(CN(CCC(N)=NO)C2CC2)n1. The lowest BCUT2D eigenvalue weighted by Crippen LogP contribution is -2.30. The van der Waals surface area contributed by atoms with Crippen molar-refractivity contribution in [2.24, 2.45) is 10.9 Å². The zero-order chi connectivity index (χ0) is 14.8. The Morgan fingerprint density at radius 1 is 1.55 bits per heavy atom. The molecule has 0 saturated heterocycles. The van der Waals surface area contributed by atoms with Crippen LogP contribution in [0.4, 0.5) is 0 Å². The summed E-state index contributed by atoms with van der Waals surface area (Å²) < 4.78 is 0. The number of nitrogens with zero attached hydrogens (tertiary/aromatic N) is 3. The summed E-state index contributed by atoms with van der Waals surface area (Å²) in [4.78, 5) is 7.14. The molecular weight excluding hydrogens is 272 g/mol. The number of amidine groups is 1. The van der Waals surface area contributed by atoms with Crippen LogP contribution in [0.15, 0.2) is 10.5 Å². The Kier molecular flexibility index (Phi) is 4.65. The van der Waals surface area contributed by atoms with Crippen LogP contribution in [0.25, 0.3) is 0 Å². The Balaban J connectivity index is 1.96. The van der Waals surface area contributed by atoms with E-state index in [9.17, 15) is 0 Å². The minimum Gasteiger partial charge on any atom is -0.409 e. The van der Waals surface area contributed by atoms with Gasteiger partial charge in [-0.25, -0.2) is 4.98 Å². The molecule has 1 fully saturated rings. The third kappa shape index (κ3) is 4.18. The summed E-state index contributed by atoms with van der Waals surface area (Å²) in [6.07, 6.45) is 3.09. The van der Waals surface area contributed by atoms with Gasteiger partial charge in [-0.05, 0) is 12.8 Å². The van der Waals surface area contributed by atoms with Crippen LogP contribution in [0, 0.1) is 0 Å². The van der Waals surface area contributed by atoms with E-state index < -0.39 is 0 Å². The van der Waals surface area contributed by atoms with E-state index in [2.05, 4.69) is 36.2 Å². The number of nitrogens with two attached hydrogens (primary N) is 1. The topological polar surface area (TPSA) is 74.7 Å². The van der Waals surface area contributed by atoms with Gasteiger partial charge in [0.1, 0.15) is 10.8 Å². The lowest BCUT2D eigenvalue weighted by Gasteiger charge is -2.20. The normalized spacial score (nSPS) is 16.9. The molecule has 0 spiro atoms. The van der Waals surface area contributed by atoms with Gasteiger partial charge in [-0.2, -0.15) is 0 Å². The first-order chi connectivity index (χ1) is 9.40. The van der Waals surface area contributed by atoms with Crippen LogP contribution >= 0.6 is 11.3 Å². The second kappa shape index (κ2) is 6.10. The van der Waals surface area contributed by atoms with Crippen LogP contribution in [0.3, 0.4) is 0 Å². The maximum Gasteiger partial charge on any atom is 0.140 e. The molecule has 0 bridgehead atoms. The Bertz CT molecular complexity index is 474. The van der Waals surface area contributed by atoms with Crippen molar-refractivity contribution in [1.29, 1.82) is 0 Å². The summed E-state index contributed by atoms with van der Waals surface area (Å²) in [5.41, 5.74) is 6.82. The number of oxime groups is 1. The molecule has 0 amide bonds. The minimum atomic E-state index is 0.104. The lowest BCUT2D eigenvalue weighted by atomic mass is 9.93. The highest BCUT2D eigenvalue weighted by Crippen LogP contribution is 2.30. The number of thiazole rings is 1. The van der Waals surface area contributed by atoms with Gasteiger partial charge in [0, 0.05) is 29.8 Å². The molecule has 2 rings (SSSR count). The number of hydrogen-bond donors (Lipinski definition) is 2. The van der Waals surface area contributed by atoms with Crippen molar-refractivity contribution in [3.63, 3.8) is 0 Å². The van der Waals surface area contributed by atoms with E-state index in [1.54, 1.807) is 11.3 Å². The van der Waals surface area contributed by atoms with Gasteiger partial charge in [0.2, 0.25) is 0 Å². The van der Waals surface area contributed by atoms with Crippen molar-refractivity contribution >= 4 is 17.2 Å². The highest BCUT2D eigenvalue weighted by Gasteiger charge is 2.29. The van der Waals surface area contributed by atoms with E-state index in [4.69, 9.17) is 15.9 Å². The average molecular weight is 296 g/mol. The van der Waals surface area contributed by atoms with Crippen molar-refractivity contribution in [2.45, 2.75) is 58.0 Å². The van der Waals surface area contributed by atoms with Gasteiger partial charge >= 0.3 is 0 Å². The van der Waals surface area contributed by atoms with E-state index in [1.807, 2.05) is 0 Å². The molecular formula is C14H24N4OS. The van der Waals surface area contributed by atoms with Crippen LogP contribution in [-0.4, -0.2) is 33.5 Å². The zero-order valence-corrected chi connectivity index (χ0v) is 13.3. The quantitative estimate of drug-likeness (QED) is 0.366. The Hall–Kier alpha value is -1.14. The molecule has 3 N–H and O–H groups in total. The molecule has 20 heavy (non-hydrogen) atoms. The van der Waals surface area contributed by atoms with Gasteiger partial charge < -0.3 is 10.9 Å². The Morgan fingerprint density at radius 2 is 2.25 bits per heavy atom. The largest absolute Gasteiger partial charge is 0.409 e. The van der Waals surface area contributed by atoms with Crippen LogP contribution in [0.2, 0.25) is 0 Å². The number of hydrogen-bond acceptors (Lipinski definition) is 5. The Labute approximate surface area is 124 Å². The average Bonchev–Trinajstić information content (AvgIpc) is 3.11. The van der Waals surface area contributed by atoms with E-state index in [1.165, 1.54) is 12.8 Å². The van der Waals surface area contributed by atoms with Gasteiger partial charge in [0.25, 0.3) is 0 Å². The molecule has 1 aromatic heterocycles. The van der Waals surface area contributed by atoms with Crippen LogP contribution in [-0.2, 0) is 12.0 Å². The van der Waals surface area contributed by atoms with Gasteiger partial charge in [-0.15, -0.1) is 11.3 Å². The molecule has 0 atom stereocenters. The van der Waals surface area contributed by atoms with Crippen LogP contribution < -0.4 is 5.73 Å². The summed E-state index contributed by atoms with van der Waals surface area (Å²) in [6.45, 7) is 8.24. The predicted octanol–water partition coefficient (Wildman–Crippen LogP) is 2.54. The highest BCUT2D eigenvalue weighted by atomic mass is 32.1. The van der Waals surface area contributed by atoms with Gasteiger partial charge in [0.05, 0.1) is 12.2 Å². The van der Waals surface area contributed by atoms with Crippen LogP contribution in [0.1, 0.15) is 50.7 Å². The summed E-state index contributed by atoms with van der Waals surface area (Å²) in [5.74, 6) is 0.296. The lowest BCUT2D eigenvalue weighted by molar-refractivity contribution is 0.259. The highest BCUT2D eigenvalue weighted by molar-refractivity contribution is 7.09. The van der Waals surface area contributed by atoms with E-state index in [0.717, 1.165) is 23.8 Å². The molecule has 5 nitrogen and oxygen atoms in total. The summed E-state index contributed by atoms with van der Waals surface area (Å²) in [5, 5.41) is 15.0. The maximum atomic E-state index is 8.62. The van der Waals surface area contributed by atoms with E-state index >= 15 is 0 Å². The first-order valence-electron chi connectivity index (χ1n) is 7.05. The van der Waals surface area contributed by atoms with Crippen molar-refractivity contribution in [2.75, 3.05) is 6.54 Å². The molecule has 1 saturated carbocycles. The molecule has 1 aromatic rings. The Morgan fingerprint density at radius 3 is 2.75 bits per heavy atom. The van der Waals surface area contributed by atoms with Crippen molar-refractivity contribution in [3.8, 4) is 0 Å². The second-order valence-corrected chi connectivity index (χ2v) is 7.36. The summed E-state index contributed by atoms with van der Waals surface area (Å²) in [7, 11) is 0. The first kappa shape index (κ1) is 15.3. The molecule has 1 aliphatic carbocycles. The number of aromatic nitrogens is 1. The fourth-order valence-corrected chi connectivity index (χ4v) is 3.09. The second-order valence-electron chi connectivity index (χ2n) is 6.42.